The van der Waals surface area contributed by atoms with Crippen LogP contribution in [-0.2, 0) is 6.54 Å². The quantitative estimate of drug-likeness (QED) is 0.798. The van der Waals surface area contributed by atoms with Crippen molar-refractivity contribution < 1.29 is 13.3 Å². The maximum absolute atomic E-state index is 13.2. The molecule has 1 aromatic rings. The van der Waals surface area contributed by atoms with E-state index in [4.69, 9.17) is 4.52 Å². The fourth-order valence-corrected chi connectivity index (χ4v) is 2.77. The van der Waals surface area contributed by atoms with E-state index in [-0.39, 0.29) is 6.42 Å². The van der Waals surface area contributed by atoms with Crippen molar-refractivity contribution in [3.05, 3.63) is 17.5 Å². The van der Waals surface area contributed by atoms with Gasteiger partial charge in [0.25, 0.3) is 5.92 Å². The molecule has 0 radical (unpaired) electrons. The molecule has 2 fully saturated rings. The van der Waals surface area contributed by atoms with Gasteiger partial charge in [0.2, 0.25) is 0 Å². The average Bonchev–Trinajstić information content (AvgIpc) is 2.59. The second-order valence-corrected chi connectivity index (χ2v) is 5.37. The van der Waals surface area contributed by atoms with Crippen LogP contribution < -0.4 is 0 Å². The molecule has 94 valence electrons. The summed E-state index contributed by atoms with van der Waals surface area (Å²) in [6.45, 7) is 4.02. The molecule has 1 spiro atoms. The van der Waals surface area contributed by atoms with Crippen LogP contribution in [0.25, 0.3) is 0 Å². The minimum atomic E-state index is -2.40. The van der Waals surface area contributed by atoms with E-state index in [2.05, 4.69) is 10.1 Å². The van der Waals surface area contributed by atoms with Gasteiger partial charge in [0, 0.05) is 17.9 Å². The van der Waals surface area contributed by atoms with E-state index in [1.54, 1.807) is 0 Å². The van der Waals surface area contributed by atoms with Gasteiger partial charge in [-0.3, -0.25) is 4.90 Å². The van der Waals surface area contributed by atoms with Crippen molar-refractivity contribution in [2.45, 2.75) is 38.7 Å². The number of rotatable bonds is 2. The summed E-state index contributed by atoms with van der Waals surface area (Å²) >= 11 is 0. The number of halogens is 2. The molecule has 0 unspecified atom stereocenters. The highest BCUT2D eigenvalue weighted by Crippen LogP contribution is 2.65. The van der Waals surface area contributed by atoms with Crippen LogP contribution >= 0.6 is 0 Å². The van der Waals surface area contributed by atoms with Crippen molar-refractivity contribution in [1.82, 2.24) is 10.1 Å². The standard InChI is InChI=1S/C12H16F2N2O/c1-9-6-10(17-15-9)7-16-4-2-11(3-5-16)8-12(11,13)14/h6H,2-5,7-8H2,1H3. The second kappa shape index (κ2) is 3.51. The van der Waals surface area contributed by atoms with Gasteiger partial charge in [-0.05, 0) is 32.9 Å². The van der Waals surface area contributed by atoms with Crippen LogP contribution in [0.3, 0.4) is 0 Å². The Bertz CT molecular complexity index is 422. The third-order valence-corrected chi connectivity index (χ3v) is 4.08. The molecule has 17 heavy (non-hydrogen) atoms. The lowest BCUT2D eigenvalue weighted by Gasteiger charge is -2.31. The van der Waals surface area contributed by atoms with Crippen molar-refractivity contribution in [3.63, 3.8) is 0 Å². The van der Waals surface area contributed by atoms with Gasteiger partial charge in [0.1, 0.15) is 0 Å². The first-order chi connectivity index (χ1) is 8.01. The number of alkyl halides is 2. The van der Waals surface area contributed by atoms with E-state index in [0.717, 1.165) is 24.5 Å². The maximum Gasteiger partial charge on any atom is 0.254 e. The van der Waals surface area contributed by atoms with E-state index in [1.165, 1.54) is 0 Å². The van der Waals surface area contributed by atoms with E-state index < -0.39 is 11.3 Å². The average molecular weight is 242 g/mol. The first-order valence-corrected chi connectivity index (χ1v) is 6.03. The molecule has 2 aliphatic rings. The number of aromatic nitrogens is 1. The van der Waals surface area contributed by atoms with E-state index in [9.17, 15) is 8.78 Å². The molecule has 0 atom stereocenters. The van der Waals surface area contributed by atoms with Gasteiger partial charge in [-0.2, -0.15) is 0 Å². The van der Waals surface area contributed by atoms with Crippen LogP contribution in [0.2, 0.25) is 0 Å². The van der Waals surface area contributed by atoms with Gasteiger partial charge in [0.05, 0.1) is 12.2 Å². The van der Waals surface area contributed by atoms with Crippen LogP contribution in [0.15, 0.2) is 10.6 Å². The third kappa shape index (κ3) is 1.86. The molecule has 1 saturated heterocycles. The SMILES string of the molecule is Cc1cc(CN2CCC3(CC2)CC3(F)F)on1. The Labute approximate surface area is 98.8 Å². The zero-order valence-electron chi connectivity index (χ0n) is 9.88. The molecule has 0 amide bonds. The first kappa shape index (κ1) is 11.1. The highest BCUT2D eigenvalue weighted by atomic mass is 19.3. The minimum Gasteiger partial charge on any atom is -0.360 e. The molecular formula is C12H16F2N2O. The molecule has 3 nitrogen and oxygen atoms in total. The van der Waals surface area contributed by atoms with Gasteiger partial charge in [-0.25, -0.2) is 8.78 Å². The number of aryl methyl sites for hydroxylation is 1. The Hall–Kier alpha value is -0.970. The molecule has 2 heterocycles. The summed E-state index contributed by atoms with van der Waals surface area (Å²) in [5.41, 5.74) is 0.197. The Morgan fingerprint density at radius 3 is 2.53 bits per heavy atom. The number of likely N-dealkylation sites (tertiary alicyclic amines) is 1. The zero-order valence-corrected chi connectivity index (χ0v) is 9.88. The van der Waals surface area contributed by atoms with Crippen molar-refractivity contribution in [3.8, 4) is 0 Å². The predicted molar refractivity (Wildman–Crippen MR) is 57.7 cm³/mol. The highest BCUT2D eigenvalue weighted by molar-refractivity contribution is 5.12. The summed E-state index contributed by atoms with van der Waals surface area (Å²) in [6.07, 6.45) is 1.30. The Morgan fingerprint density at radius 2 is 2.06 bits per heavy atom. The van der Waals surface area contributed by atoms with Gasteiger partial charge >= 0.3 is 0 Å². The molecule has 0 N–H and O–H groups in total. The van der Waals surface area contributed by atoms with Crippen molar-refractivity contribution in [2.75, 3.05) is 13.1 Å². The van der Waals surface area contributed by atoms with Crippen LogP contribution in [0.1, 0.15) is 30.7 Å². The van der Waals surface area contributed by atoms with Crippen LogP contribution in [0.4, 0.5) is 8.78 Å². The minimum absolute atomic E-state index is 0.0925. The third-order valence-electron chi connectivity index (χ3n) is 4.08. The number of nitrogens with zero attached hydrogens (tertiary/aromatic N) is 2. The van der Waals surface area contributed by atoms with Crippen molar-refractivity contribution in [2.24, 2.45) is 5.41 Å². The fraction of sp³-hybridized carbons (Fsp3) is 0.750. The summed E-state index contributed by atoms with van der Waals surface area (Å²) in [5, 5.41) is 3.82. The molecule has 0 bridgehead atoms. The van der Waals surface area contributed by atoms with Crippen LogP contribution in [-0.4, -0.2) is 29.1 Å². The molecule has 0 aromatic carbocycles. The molecule has 1 aliphatic heterocycles. The molecular weight excluding hydrogens is 226 g/mol. The summed E-state index contributed by atoms with van der Waals surface area (Å²) in [6, 6.07) is 1.90. The van der Waals surface area contributed by atoms with Gasteiger partial charge in [-0.15, -0.1) is 0 Å². The van der Waals surface area contributed by atoms with Gasteiger partial charge in [-0.1, -0.05) is 5.16 Å². The summed E-state index contributed by atoms with van der Waals surface area (Å²) < 4.78 is 31.5. The van der Waals surface area contributed by atoms with E-state index in [0.29, 0.717) is 19.4 Å². The Morgan fingerprint density at radius 1 is 1.41 bits per heavy atom. The highest BCUT2D eigenvalue weighted by Gasteiger charge is 2.70. The Kier molecular flexibility index (Phi) is 2.30. The summed E-state index contributed by atoms with van der Waals surface area (Å²) in [4.78, 5) is 2.17. The number of piperidine rings is 1. The lowest BCUT2D eigenvalue weighted by Crippen LogP contribution is -2.35. The summed E-state index contributed by atoms with van der Waals surface area (Å²) in [7, 11) is 0. The van der Waals surface area contributed by atoms with E-state index >= 15 is 0 Å². The molecule has 1 aromatic heterocycles. The molecule has 1 aliphatic carbocycles. The predicted octanol–water partition coefficient (Wildman–Crippen LogP) is 2.60. The fourth-order valence-electron chi connectivity index (χ4n) is 2.77. The van der Waals surface area contributed by atoms with Gasteiger partial charge in [0.15, 0.2) is 5.76 Å². The van der Waals surface area contributed by atoms with Gasteiger partial charge < -0.3 is 4.52 Å². The molecule has 1 saturated carbocycles. The van der Waals surface area contributed by atoms with Crippen molar-refractivity contribution >= 4 is 0 Å². The number of hydrogen-bond acceptors (Lipinski definition) is 3. The normalized spacial score (nSPS) is 26.3. The first-order valence-electron chi connectivity index (χ1n) is 6.03. The Balaban J connectivity index is 1.56. The topological polar surface area (TPSA) is 29.3 Å². The van der Waals surface area contributed by atoms with Crippen LogP contribution in [0.5, 0.6) is 0 Å². The summed E-state index contributed by atoms with van der Waals surface area (Å²) in [5.74, 6) is -1.58. The maximum atomic E-state index is 13.2. The largest absolute Gasteiger partial charge is 0.360 e. The smallest absolute Gasteiger partial charge is 0.254 e. The van der Waals surface area contributed by atoms with E-state index in [1.807, 2.05) is 13.0 Å². The lowest BCUT2D eigenvalue weighted by molar-refractivity contribution is 0.0285. The molecule has 3 rings (SSSR count). The monoisotopic (exact) mass is 242 g/mol. The lowest BCUT2D eigenvalue weighted by atomic mass is 9.93. The second-order valence-electron chi connectivity index (χ2n) is 5.37. The molecule has 5 heteroatoms. The number of hydrogen-bond donors (Lipinski definition) is 0. The van der Waals surface area contributed by atoms with Crippen LogP contribution in [0, 0.1) is 12.3 Å². The zero-order chi connectivity index (χ0) is 12.1. The van der Waals surface area contributed by atoms with Crippen molar-refractivity contribution in [1.29, 1.82) is 0 Å².